The molecule has 0 saturated carbocycles. The number of hydrogen-bond acceptors (Lipinski definition) is 3. The van der Waals surface area contributed by atoms with Gasteiger partial charge in [-0.3, -0.25) is 9.78 Å². The van der Waals surface area contributed by atoms with Gasteiger partial charge in [-0.2, -0.15) is 0 Å². The van der Waals surface area contributed by atoms with Crippen molar-refractivity contribution in [3.8, 4) is 0 Å². The summed E-state index contributed by atoms with van der Waals surface area (Å²) in [4.78, 5) is 19.1. The number of pyridine rings is 1. The highest BCUT2D eigenvalue weighted by molar-refractivity contribution is 6.07. The summed E-state index contributed by atoms with van der Waals surface area (Å²) in [6.07, 6.45) is 4.16. The predicted molar refractivity (Wildman–Crippen MR) is 104 cm³/mol. The van der Waals surface area contributed by atoms with Crippen LogP contribution >= 0.6 is 0 Å². The van der Waals surface area contributed by atoms with Gasteiger partial charge in [0, 0.05) is 29.8 Å². The molecule has 4 nitrogen and oxygen atoms in total. The molecule has 1 aromatic heterocycles. The standard InChI is InChI=1S/C22H21N3O/c1-16-14-20(24-18-9-3-2-4-10-18)19-11-5-6-12-21(19)25(16)22(26)17-8-7-13-23-15-17/h2-13,15-16,20,24H,14H2,1H3/t16-,20-/m1/s1. The van der Waals surface area contributed by atoms with Crippen LogP contribution in [-0.4, -0.2) is 16.9 Å². The second kappa shape index (κ2) is 7.00. The lowest BCUT2D eigenvalue weighted by atomic mass is 9.91. The van der Waals surface area contributed by atoms with Crippen molar-refractivity contribution in [2.75, 3.05) is 10.2 Å². The number of anilines is 2. The Kier molecular flexibility index (Phi) is 4.40. The van der Waals surface area contributed by atoms with Crippen LogP contribution in [0, 0.1) is 0 Å². The minimum absolute atomic E-state index is 0.00351. The van der Waals surface area contributed by atoms with Gasteiger partial charge in [-0.15, -0.1) is 0 Å². The number of carbonyl (C=O) groups is 1. The average Bonchev–Trinajstić information content (AvgIpc) is 2.69. The third kappa shape index (κ3) is 3.06. The fourth-order valence-electron chi connectivity index (χ4n) is 3.62. The monoisotopic (exact) mass is 343 g/mol. The van der Waals surface area contributed by atoms with Gasteiger partial charge in [0.1, 0.15) is 0 Å². The number of nitrogens with zero attached hydrogens (tertiary/aromatic N) is 2. The molecule has 0 bridgehead atoms. The molecule has 0 aliphatic carbocycles. The summed E-state index contributed by atoms with van der Waals surface area (Å²) in [5.41, 5.74) is 3.82. The van der Waals surface area contributed by atoms with Crippen LogP contribution in [-0.2, 0) is 0 Å². The third-order valence-corrected chi connectivity index (χ3v) is 4.83. The van der Waals surface area contributed by atoms with Gasteiger partial charge in [0.05, 0.1) is 11.6 Å². The van der Waals surface area contributed by atoms with Crippen LogP contribution in [0.15, 0.2) is 79.1 Å². The first-order chi connectivity index (χ1) is 12.7. The summed E-state index contributed by atoms with van der Waals surface area (Å²) in [6.45, 7) is 2.10. The molecule has 0 spiro atoms. The molecule has 0 unspecified atom stereocenters. The maximum absolute atomic E-state index is 13.1. The van der Waals surface area contributed by atoms with E-state index < -0.39 is 0 Å². The van der Waals surface area contributed by atoms with Gasteiger partial charge in [-0.1, -0.05) is 36.4 Å². The fraction of sp³-hybridized carbons (Fsp3) is 0.182. The molecule has 0 saturated heterocycles. The highest BCUT2D eigenvalue weighted by atomic mass is 16.2. The summed E-state index contributed by atoms with van der Waals surface area (Å²) >= 11 is 0. The lowest BCUT2D eigenvalue weighted by molar-refractivity contribution is 0.0974. The molecule has 0 fully saturated rings. The molecule has 3 aromatic rings. The number of carbonyl (C=O) groups excluding carboxylic acids is 1. The third-order valence-electron chi connectivity index (χ3n) is 4.83. The first-order valence-corrected chi connectivity index (χ1v) is 8.88. The average molecular weight is 343 g/mol. The van der Waals surface area contributed by atoms with Gasteiger partial charge in [0.25, 0.3) is 5.91 Å². The van der Waals surface area contributed by atoms with Crippen molar-refractivity contribution in [3.63, 3.8) is 0 Å². The maximum atomic E-state index is 13.1. The van der Waals surface area contributed by atoms with Crippen LogP contribution in [0.1, 0.15) is 35.3 Å². The number of aromatic nitrogens is 1. The van der Waals surface area contributed by atoms with Crippen molar-refractivity contribution >= 4 is 17.3 Å². The Balaban J connectivity index is 1.69. The van der Waals surface area contributed by atoms with E-state index in [4.69, 9.17) is 0 Å². The number of nitrogens with one attached hydrogen (secondary N) is 1. The zero-order valence-electron chi connectivity index (χ0n) is 14.7. The molecular weight excluding hydrogens is 322 g/mol. The molecule has 4 heteroatoms. The second-order valence-electron chi connectivity index (χ2n) is 6.62. The Hall–Kier alpha value is -3.14. The van der Waals surface area contributed by atoms with E-state index in [0.29, 0.717) is 5.56 Å². The van der Waals surface area contributed by atoms with Gasteiger partial charge in [0.2, 0.25) is 0 Å². The van der Waals surface area contributed by atoms with Crippen molar-refractivity contribution in [2.24, 2.45) is 0 Å². The summed E-state index contributed by atoms with van der Waals surface area (Å²) in [7, 11) is 0. The molecule has 1 aliphatic rings. The molecule has 1 amide bonds. The molecule has 2 aromatic carbocycles. The van der Waals surface area contributed by atoms with Crippen LogP contribution in [0.4, 0.5) is 11.4 Å². The lowest BCUT2D eigenvalue weighted by Crippen LogP contribution is -2.44. The number of rotatable bonds is 3. The molecular formula is C22H21N3O. The van der Waals surface area contributed by atoms with Crippen LogP contribution < -0.4 is 10.2 Å². The predicted octanol–water partition coefficient (Wildman–Crippen LogP) is 4.67. The van der Waals surface area contributed by atoms with Crippen molar-refractivity contribution < 1.29 is 4.79 Å². The number of benzene rings is 2. The van der Waals surface area contributed by atoms with Gasteiger partial charge >= 0.3 is 0 Å². The van der Waals surface area contributed by atoms with E-state index in [1.54, 1.807) is 18.5 Å². The molecule has 2 heterocycles. The van der Waals surface area contributed by atoms with E-state index in [-0.39, 0.29) is 18.0 Å². The number of hydrogen-bond donors (Lipinski definition) is 1. The van der Waals surface area contributed by atoms with Crippen LogP contribution in [0.5, 0.6) is 0 Å². The van der Waals surface area contributed by atoms with Crippen molar-refractivity contribution in [1.29, 1.82) is 0 Å². The number of fused-ring (bicyclic) bond motifs is 1. The number of amides is 1. The van der Waals surface area contributed by atoms with Crippen molar-refractivity contribution in [1.82, 2.24) is 4.98 Å². The van der Waals surface area contributed by atoms with E-state index in [9.17, 15) is 4.79 Å². The summed E-state index contributed by atoms with van der Waals surface area (Å²) in [6, 6.07) is 22.2. The Bertz CT molecular complexity index is 896. The molecule has 0 radical (unpaired) electrons. The molecule has 26 heavy (non-hydrogen) atoms. The Morgan fingerprint density at radius 1 is 1.04 bits per heavy atom. The van der Waals surface area contributed by atoms with E-state index in [1.807, 2.05) is 47.4 Å². The van der Waals surface area contributed by atoms with Crippen LogP contribution in [0.3, 0.4) is 0 Å². The summed E-state index contributed by atoms with van der Waals surface area (Å²) in [5.74, 6) is -0.00351. The molecule has 1 aliphatic heterocycles. The molecule has 1 N–H and O–H groups in total. The number of para-hydroxylation sites is 2. The second-order valence-corrected chi connectivity index (χ2v) is 6.62. The van der Waals surface area contributed by atoms with Crippen LogP contribution in [0.25, 0.3) is 0 Å². The van der Waals surface area contributed by atoms with Crippen molar-refractivity contribution in [3.05, 3.63) is 90.3 Å². The fourth-order valence-corrected chi connectivity index (χ4v) is 3.62. The summed E-state index contributed by atoms with van der Waals surface area (Å²) < 4.78 is 0. The van der Waals surface area contributed by atoms with Gasteiger partial charge < -0.3 is 10.2 Å². The Morgan fingerprint density at radius 2 is 1.81 bits per heavy atom. The smallest absolute Gasteiger partial charge is 0.260 e. The van der Waals surface area contributed by atoms with E-state index in [0.717, 1.165) is 23.4 Å². The molecule has 2 atom stereocenters. The first kappa shape index (κ1) is 16.3. The Morgan fingerprint density at radius 3 is 2.58 bits per heavy atom. The van der Waals surface area contributed by atoms with Gasteiger partial charge in [-0.05, 0) is 49.2 Å². The van der Waals surface area contributed by atoms with E-state index in [1.165, 1.54) is 0 Å². The molecule has 130 valence electrons. The highest BCUT2D eigenvalue weighted by Crippen LogP contribution is 2.39. The topological polar surface area (TPSA) is 45.2 Å². The SMILES string of the molecule is C[C@@H]1C[C@@H](Nc2ccccc2)c2ccccc2N1C(=O)c1cccnc1. The first-order valence-electron chi connectivity index (χ1n) is 8.88. The highest BCUT2D eigenvalue weighted by Gasteiger charge is 2.34. The molecule has 4 rings (SSSR count). The van der Waals surface area contributed by atoms with Crippen LogP contribution in [0.2, 0.25) is 0 Å². The zero-order chi connectivity index (χ0) is 17.9. The van der Waals surface area contributed by atoms with Gasteiger partial charge in [0.15, 0.2) is 0 Å². The van der Waals surface area contributed by atoms with E-state index in [2.05, 4.69) is 35.4 Å². The largest absolute Gasteiger partial charge is 0.378 e. The van der Waals surface area contributed by atoms with Gasteiger partial charge in [-0.25, -0.2) is 0 Å². The van der Waals surface area contributed by atoms with Crippen molar-refractivity contribution in [2.45, 2.75) is 25.4 Å². The maximum Gasteiger partial charge on any atom is 0.260 e. The minimum Gasteiger partial charge on any atom is -0.378 e. The summed E-state index contributed by atoms with van der Waals surface area (Å²) in [5, 5.41) is 3.62. The van der Waals surface area contributed by atoms with E-state index >= 15 is 0 Å². The normalized spacial score (nSPS) is 18.9. The Labute approximate surface area is 153 Å². The quantitative estimate of drug-likeness (QED) is 0.751. The lowest BCUT2D eigenvalue weighted by Gasteiger charge is -2.40. The minimum atomic E-state index is -0.00351. The zero-order valence-corrected chi connectivity index (χ0v) is 14.7.